The van der Waals surface area contributed by atoms with E-state index in [1.165, 1.54) is 0 Å². The SMILES string of the molecule is CCOC(=O)Cn1c2cc(-c3cccnc3)ccc2c(=O)c2ccc(C)c(N(C)C)c21. The van der Waals surface area contributed by atoms with Gasteiger partial charge in [-0.1, -0.05) is 18.2 Å². The minimum absolute atomic E-state index is 0.0158. The Bertz CT molecular complexity index is 1340. The first-order valence-corrected chi connectivity index (χ1v) is 10.3. The maximum Gasteiger partial charge on any atom is 0.325 e. The van der Waals surface area contributed by atoms with Crippen LogP contribution in [0, 0.1) is 6.92 Å². The summed E-state index contributed by atoms with van der Waals surface area (Å²) in [4.78, 5) is 32.2. The molecule has 0 bridgehead atoms. The van der Waals surface area contributed by atoms with E-state index >= 15 is 0 Å². The van der Waals surface area contributed by atoms with Crippen LogP contribution in [0.2, 0.25) is 0 Å². The summed E-state index contributed by atoms with van der Waals surface area (Å²) >= 11 is 0. The fourth-order valence-electron chi connectivity index (χ4n) is 4.13. The third-order valence-corrected chi connectivity index (χ3v) is 5.44. The lowest BCUT2D eigenvalue weighted by molar-refractivity contribution is -0.143. The zero-order valence-corrected chi connectivity index (χ0v) is 18.2. The summed E-state index contributed by atoms with van der Waals surface area (Å²) in [5, 5.41) is 1.15. The van der Waals surface area contributed by atoms with Gasteiger partial charge in [-0.05, 0) is 49.2 Å². The second-order valence-corrected chi connectivity index (χ2v) is 7.72. The van der Waals surface area contributed by atoms with Gasteiger partial charge in [-0.2, -0.15) is 0 Å². The van der Waals surface area contributed by atoms with Crippen molar-refractivity contribution in [1.82, 2.24) is 9.55 Å². The number of rotatable bonds is 5. The van der Waals surface area contributed by atoms with Crippen LogP contribution < -0.4 is 10.3 Å². The first kappa shape index (κ1) is 20.6. The number of benzene rings is 2. The molecule has 0 saturated carbocycles. The fraction of sp³-hybridized carbons (Fsp3) is 0.240. The third-order valence-electron chi connectivity index (χ3n) is 5.44. The van der Waals surface area contributed by atoms with Gasteiger partial charge in [0.25, 0.3) is 0 Å². The number of aryl methyl sites for hydroxylation is 1. The molecule has 0 aliphatic rings. The highest BCUT2D eigenvalue weighted by Gasteiger charge is 2.19. The highest BCUT2D eigenvalue weighted by Crippen LogP contribution is 2.32. The Labute approximate surface area is 180 Å². The van der Waals surface area contributed by atoms with E-state index in [1.807, 2.05) is 73.0 Å². The van der Waals surface area contributed by atoms with Gasteiger partial charge in [-0.25, -0.2) is 0 Å². The summed E-state index contributed by atoms with van der Waals surface area (Å²) in [6, 6.07) is 13.3. The van der Waals surface area contributed by atoms with E-state index in [4.69, 9.17) is 4.74 Å². The van der Waals surface area contributed by atoms with Crippen molar-refractivity contribution < 1.29 is 9.53 Å². The zero-order chi connectivity index (χ0) is 22.1. The number of hydrogen-bond donors (Lipinski definition) is 0. The minimum Gasteiger partial charge on any atom is -0.465 e. The Morgan fingerprint density at radius 1 is 1.10 bits per heavy atom. The van der Waals surface area contributed by atoms with Crippen molar-refractivity contribution in [3.8, 4) is 11.1 Å². The Morgan fingerprint density at radius 2 is 1.87 bits per heavy atom. The highest BCUT2D eigenvalue weighted by molar-refractivity contribution is 6.02. The fourth-order valence-corrected chi connectivity index (χ4v) is 4.13. The summed E-state index contributed by atoms with van der Waals surface area (Å²) in [6.45, 7) is 4.11. The number of hydrogen-bond acceptors (Lipinski definition) is 5. The van der Waals surface area contributed by atoms with Crippen LogP contribution in [-0.2, 0) is 16.1 Å². The molecule has 0 saturated heterocycles. The van der Waals surface area contributed by atoms with Crippen molar-refractivity contribution in [3.63, 3.8) is 0 Å². The number of aromatic nitrogens is 2. The lowest BCUT2D eigenvalue weighted by Gasteiger charge is -2.23. The summed E-state index contributed by atoms with van der Waals surface area (Å²) in [5.41, 5.74) is 5.18. The van der Waals surface area contributed by atoms with Crippen molar-refractivity contribution in [2.75, 3.05) is 25.6 Å². The molecule has 0 N–H and O–H groups in total. The molecular weight excluding hydrogens is 390 g/mol. The van der Waals surface area contributed by atoms with Gasteiger partial charge < -0.3 is 14.2 Å². The molecular formula is C25H25N3O3. The quantitative estimate of drug-likeness (QED) is 0.362. The Kier molecular flexibility index (Phi) is 5.46. The van der Waals surface area contributed by atoms with Gasteiger partial charge >= 0.3 is 5.97 Å². The second kappa shape index (κ2) is 8.22. The van der Waals surface area contributed by atoms with Gasteiger partial charge in [0.1, 0.15) is 6.54 Å². The molecule has 6 heteroatoms. The number of pyridine rings is 2. The molecule has 0 aliphatic carbocycles. The lowest BCUT2D eigenvalue weighted by atomic mass is 10.0. The normalized spacial score (nSPS) is 11.1. The topological polar surface area (TPSA) is 64.4 Å². The van der Waals surface area contributed by atoms with Gasteiger partial charge in [-0.3, -0.25) is 14.6 Å². The van der Waals surface area contributed by atoms with Gasteiger partial charge in [0, 0.05) is 42.8 Å². The van der Waals surface area contributed by atoms with Crippen molar-refractivity contribution in [3.05, 3.63) is 70.6 Å². The van der Waals surface area contributed by atoms with Crippen LogP contribution in [0.4, 0.5) is 5.69 Å². The van der Waals surface area contributed by atoms with E-state index in [-0.39, 0.29) is 17.9 Å². The van der Waals surface area contributed by atoms with E-state index in [0.29, 0.717) is 22.9 Å². The third kappa shape index (κ3) is 3.65. The van der Waals surface area contributed by atoms with Gasteiger partial charge in [-0.15, -0.1) is 0 Å². The molecule has 2 aromatic heterocycles. The summed E-state index contributed by atoms with van der Waals surface area (Å²) < 4.78 is 7.17. The Morgan fingerprint density at radius 3 is 2.55 bits per heavy atom. The largest absolute Gasteiger partial charge is 0.465 e. The molecule has 0 atom stereocenters. The number of carbonyl (C=O) groups excluding carboxylic acids is 1. The van der Waals surface area contributed by atoms with Crippen molar-refractivity contribution in [1.29, 1.82) is 0 Å². The zero-order valence-electron chi connectivity index (χ0n) is 18.2. The molecule has 2 heterocycles. The van der Waals surface area contributed by atoms with Crippen LogP contribution in [0.5, 0.6) is 0 Å². The van der Waals surface area contributed by atoms with Crippen molar-refractivity contribution >= 4 is 33.5 Å². The van der Waals surface area contributed by atoms with Gasteiger partial charge in [0.2, 0.25) is 0 Å². The van der Waals surface area contributed by atoms with Crippen molar-refractivity contribution in [2.45, 2.75) is 20.4 Å². The van der Waals surface area contributed by atoms with Crippen LogP contribution in [0.25, 0.3) is 32.9 Å². The molecule has 0 radical (unpaired) electrons. The van der Waals surface area contributed by atoms with E-state index < -0.39 is 0 Å². The van der Waals surface area contributed by atoms with E-state index in [2.05, 4.69) is 4.98 Å². The first-order chi connectivity index (χ1) is 14.9. The summed E-state index contributed by atoms with van der Waals surface area (Å²) in [7, 11) is 3.88. The van der Waals surface area contributed by atoms with Crippen LogP contribution in [0.3, 0.4) is 0 Å². The number of ether oxygens (including phenoxy) is 1. The van der Waals surface area contributed by atoms with Gasteiger partial charge in [0.15, 0.2) is 5.43 Å². The van der Waals surface area contributed by atoms with Crippen LogP contribution in [0.15, 0.2) is 59.7 Å². The predicted octanol–water partition coefficient (Wildman–Crippen LogP) is 4.15. The van der Waals surface area contributed by atoms with E-state index in [9.17, 15) is 9.59 Å². The van der Waals surface area contributed by atoms with E-state index in [1.54, 1.807) is 19.3 Å². The number of anilines is 1. The molecule has 0 spiro atoms. The van der Waals surface area contributed by atoms with E-state index in [0.717, 1.165) is 27.9 Å². The summed E-state index contributed by atoms with van der Waals surface area (Å²) in [6.07, 6.45) is 3.51. The average Bonchev–Trinajstić information content (AvgIpc) is 2.76. The van der Waals surface area contributed by atoms with Crippen molar-refractivity contribution in [2.24, 2.45) is 0 Å². The average molecular weight is 415 g/mol. The monoisotopic (exact) mass is 415 g/mol. The summed E-state index contributed by atoms with van der Waals surface area (Å²) in [5.74, 6) is -0.341. The molecule has 4 rings (SSSR count). The second-order valence-electron chi connectivity index (χ2n) is 7.72. The predicted molar refractivity (Wildman–Crippen MR) is 125 cm³/mol. The Hall–Kier alpha value is -3.67. The first-order valence-electron chi connectivity index (χ1n) is 10.3. The van der Waals surface area contributed by atoms with Crippen LogP contribution in [-0.4, -0.2) is 36.2 Å². The molecule has 0 aliphatic heterocycles. The number of nitrogens with zero attached hydrogens (tertiary/aromatic N) is 3. The molecule has 0 fully saturated rings. The molecule has 31 heavy (non-hydrogen) atoms. The van der Waals surface area contributed by atoms with Gasteiger partial charge in [0.05, 0.1) is 23.3 Å². The Balaban J connectivity index is 2.14. The standard InChI is InChI=1S/C25H25N3O3/c1-5-31-22(29)15-28-21-13-17(18-7-6-12-26-14-18)9-11-19(21)25(30)20-10-8-16(2)23(24(20)28)27(3)4/h6-14H,5,15H2,1-4H3. The van der Waals surface area contributed by atoms with Crippen LogP contribution in [0.1, 0.15) is 12.5 Å². The molecule has 158 valence electrons. The molecule has 0 unspecified atom stereocenters. The number of fused-ring (bicyclic) bond motifs is 2. The molecule has 6 nitrogen and oxygen atoms in total. The maximum absolute atomic E-state index is 13.4. The molecule has 2 aromatic carbocycles. The minimum atomic E-state index is -0.341. The lowest BCUT2D eigenvalue weighted by Crippen LogP contribution is -2.21. The molecule has 0 amide bonds. The number of carbonyl (C=O) groups is 1. The highest BCUT2D eigenvalue weighted by atomic mass is 16.5. The number of esters is 1. The molecule has 4 aromatic rings. The smallest absolute Gasteiger partial charge is 0.325 e. The maximum atomic E-state index is 13.4. The van der Waals surface area contributed by atoms with Crippen LogP contribution >= 0.6 is 0 Å².